The van der Waals surface area contributed by atoms with Gasteiger partial charge in [0, 0.05) is 286 Å². The highest BCUT2D eigenvalue weighted by Crippen LogP contribution is 2.51. The fourth-order valence-electron chi connectivity index (χ4n) is 22.2. The van der Waals surface area contributed by atoms with Crippen LogP contribution in [0.2, 0.25) is 0 Å². The van der Waals surface area contributed by atoms with Gasteiger partial charge in [-0.15, -0.1) is 0 Å². The second-order valence-corrected chi connectivity index (χ2v) is 38.4. The van der Waals surface area contributed by atoms with Gasteiger partial charge in [0.15, 0.2) is 23.3 Å². The SMILES string of the molecule is CC(=O)N1CCc2c(c(N3CCCc4cc(-c5cn(C)nc5C)ccc43)nn2C2CCOC2)C1.CC(=O)N1CCc2c(c(N3CCCc4cc(-c5cnn(C)c5C)ccc43)nn2C2CCOC2)C1.CC(=O)N1CCc2c(c(N3C[C@@H](CC#N)c4cc(-c5cnn(C)c5)ccc43)nn2C2COC2)C1.CC(=O)N1CCc2c(c(N3C[C@H](CC#N)c4cc(-c5cnn(C)c5)ccc43)nn2C2COC2)C1. The Kier molecular flexibility index (Phi) is 24.2. The molecule has 34 heteroatoms. The summed E-state index contributed by atoms with van der Waals surface area (Å²) in [5, 5.41) is 57.2. The van der Waals surface area contributed by atoms with Gasteiger partial charge in [0.1, 0.15) is 0 Å². The van der Waals surface area contributed by atoms with Gasteiger partial charge in [0.2, 0.25) is 23.6 Å². The molecule has 0 radical (unpaired) electrons. The molecule has 4 saturated heterocycles. The molecular formula is C102H118N26O8. The molecule has 12 aliphatic heterocycles. The molecule has 0 saturated carbocycles. The number of anilines is 8. The number of aromatic nitrogens is 16. The molecule has 24 rings (SSSR count). The first-order valence-electron chi connectivity index (χ1n) is 48.2. The zero-order valence-corrected chi connectivity index (χ0v) is 79.4. The number of hydrogen-bond donors (Lipinski definition) is 0. The smallest absolute Gasteiger partial charge is 0.219 e. The lowest BCUT2D eigenvalue weighted by atomic mass is 9.95. The van der Waals surface area contributed by atoms with Crippen molar-refractivity contribution in [1.82, 2.24) is 97.8 Å². The van der Waals surface area contributed by atoms with Crippen LogP contribution in [0.1, 0.15) is 181 Å². The summed E-state index contributed by atoms with van der Waals surface area (Å²) < 4.78 is 38.4. The first-order valence-corrected chi connectivity index (χ1v) is 48.2. The standard InChI is InChI=1S/2C26H32N6O2.2C25H27N7O2/c1-17-22(14-29(3)27-17)19-6-7-24-20(13-19)5-4-10-31(24)26-23-15-30(18(2)33)11-8-25(23)32(28-26)21-9-12-34-16-21;1-17-22(14-27-29(17)3)19-6-7-24-20(13-19)5-4-10-31(24)26-23-15-30(18(2)33)11-8-25(23)32(28-26)21-9-12-34-16-21;2*1-16(33)30-8-6-24-22(13-30)25(28-32(24)20-14-34-15-20)31-12-18(5-7-26)21-9-17(3-4-23(21)31)19-10-27-29(2)11-19/h2*6-7,13-14,21H,4-5,8-12,15-16H2,1-3H3;2*3-4,9-11,18,20H,5-6,8,12-15H2,1-2H3/t;;2*18-/m..10/s1. The first-order chi connectivity index (χ1) is 66.1. The van der Waals surface area contributed by atoms with E-state index in [1.54, 1.807) is 37.1 Å². The van der Waals surface area contributed by atoms with Gasteiger partial charge in [-0.2, -0.15) is 51.3 Å². The third-order valence-electron chi connectivity index (χ3n) is 29.8. The highest BCUT2D eigenvalue weighted by Gasteiger charge is 2.43. The molecule has 0 bridgehead atoms. The monoisotopic (exact) mass is 1830 g/mol. The lowest BCUT2D eigenvalue weighted by Gasteiger charge is -2.32. The molecule has 2 unspecified atom stereocenters. The van der Waals surface area contributed by atoms with Crippen LogP contribution in [0.4, 0.5) is 46.0 Å². The minimum atomic E-state index is 0.0848. The number of fused-ring (bicyclic) bond motifs is 8. The molecular weight excluding hydrogens is 1720 g/mol. The molecule has 34 nitrogen and oxygen atoms in total. The molecule has 4 amide bonds. The summed E-state index contributed by atoms with van der Waals surface area (Å²) in [5.74, 6) is 4.45. The van der Waals surface area contributed by atoms with Crippen molar-refractivity contribution in [3.63, 3.8) is 0 Å². The molecule has 8 aromatic heterocycles. The van der Waals surface area contributed by atoms with E-state index in [9.17, 15) is 29.7 Å². The maximum absolute atomic E-state index is 12.2. The summed E-state index contributed by atoms with van der Waals surface area (Å²) in [5.41, 5.74) is 30.6. The molecule has 0 N–H and O–H groups in total. The number of benzene rings is 4. The second-order valence-electron chi connectivity index (χ2n) is 38.4. The van der Waals surface area contributed by atoms with E-state index in [-0.39, 0.29) is 59.6 Å². The van der Waals surface area contributed by atoms with E-state index < -0.39 is 0 Å². The van der Waals surface area contributed by atoms with Crippen LogP contribution in [-0.2, 0) is 131 Å². The number of rotatable bonds is 14. The quantitative estimate of drug-likeness (QED) is 0.0976. The number of carbonyl (C=O) groups excluding carboxylic acids is 4. The maximum Gasteiger partial charge on any atom is 0.219 e. The number of amides is 4. The van der Waals surface area contributed by atoms with Crippen molar-refractivity contribution in [2.75, 3.05) is 125 Å². The van der Waals surface area contributed by atoms with Crippen molar-refractivity contribution in [3.05, 3.63) is 189 Å². The number of nitriles is 2. The summed E-state index contributed by atoms with van der Waals surface area (Å²) in [7, 11) is 7.77. The molecule has 20 heterocycles. The van der Waals surface area contributed by atoms with Crippen LogP contribution in [0.5, 0.6) is 0 Å². The molecule has 12 aliphatic rings. The van der Waals surface area contributed by atoms with Crippen LogP contribution in [-0.4, -0.2) is 227 Å². The minimum Gasteiger partial charge on any atom is -0.379 e. The van der Waals surface area contributed by atoms with Gasteiger partial charge < -0.3 is 58.1 Å². The fraction of sp³-hybridized carbons (Fsp3) is 0.471. The fourth-order valence-corrected chi connectivity index (χ4v) is 22.2. The molecule has 136 heavy (non-hydrogen) atoms. The highest BCUT2D eigenvalue weighted by atomic mass is 16.5. The van der Waals surface area contributed by atoms with Gasteiger partial charge in [-0.3, -0.25) is 56.6 Å². The summed E-state index contributed by atoms with van der Waals surface area (Å²) in [6, 6.07) is 32.2. The van der Waals surface area contributed by atoms with E-state index in [2.05, 4.69) is 164 Å². The van der Waals surface area contributed by atoms with Crippen molar-refractivity contribution >= 4 is 69.6 Å². The Labute approximate surface area is 791 Å². The van der Waals surface area contributed by atoms with Crippen molar-refractivity contribution < 1.29 is 38.1 Å². The Morgan fingerprint density at radius 2 is 0.765 bits per heavy atom. The zero-order valence-electron chi connectivity index (χ0n) is 79.4. The van der Waals surface area contributed by atoms with Crippen LogP contribution in [0, 0.1) is 36.5 Å². The number of ether oxygens (including phenoxy) is 4. The van der Waals surface area contributed by atoms with Gasteiger partial charge in [0.05, 0.1) is 126 Å². The maximum atomic E-state index is 12.2. The van der Waals surface area contributed by atoms with E-state index in [0.717, 1.165) is 188 Å². The minimum absolute atomic E-state index is 0.0848. The molecule has 12 aromatic rings. The van der Waals surface area contributed by atoms with Crippen molar-refractivity contribution in [1.29, 1.82) is 10.5 Å². The van der Waals surface area contributed by atoms with Crippen LogP contribution in [0.15, 0.2) is 110 Å². The van der Waals surface area contributed by atoms with Crippen molar-refractivity contribution in [3.8, 4) is 56.6 Å². The summed E-state index contributed by atoms with van der Waals surface area (Å²) in [6.07, 6.45) is 22.2. The molecule has 0 aliphatic carbocycles. The average Bonchev–Trinajstić information content (AvgIpc) is 1.58. The van der Waals surface area contributed by atoms with Crippen LogP contribution in [0.3, 0.4) is 0 Å². The predicted octanol–water partition coefficient (Wildman–Crippen LogP) is 12.9. The van der Waals surface area contributed by atoms with Crippen LogP contribution < -0.4 is 19.6 Å². The normalized spacial score (nSPS) is 19.7. The summed E-state index contributed by atoms with van der Waals surface area (Å²) in [4.78, 5) is 65.7. The average molecular weight is 1840 g/mol. The summed E-state index contributed by atoms with van der Waals surface area (Å²) in [6.45, 7) is 25.1. The third kappa shape index (κ3) is 16.6. The van der Waals surface area contributed by atoms with Crippen LogP contribution >= 0.6 is 0 Å². The number of aryl methyl sites for hydroxylation is 7. The van der Waals surface area contributed by atoms with Gasteiger partial charge in [-0.05, 0) is 145 Å². The molecule has 4 fully saturated rings. The van der Waals surface area contributed by atoms with Crippen LogP contribution in [0.25, 0.3) is 44.5 Å². The number of hydrogen-bond acceptors (Lipinski definition) is 22. The van der Waals surface area contributed by atoms with E-state index in [0.29, 0.717) is 105 Å². The van der Waals surface area contributed by atoms with Crippen molar-refractivity contribution in [2.45, 2.75) is 181 Å². The number of carbonyl (C=O) groups is 4. The lowest BCUT2D eigenvalue weighted by molar-refractivity contribution is -0.130. The van der Waals surface area contributed by atoms with Gasteiger partial charge in [-0.1, -0.05) is 24.3 Å². The van der Waals surface area contributed by atoms with E-state index in [1.807, 2.05) is 88.1 Å². The number of nitrogens with zero attached hydrogens (tertiary/aromatic N) is 26. The Hall–Kier alpha value is -13.5. The summed E-state index contributed by atoms with van der Waals surface area (Å²) >= 11 is 0. The molecule has 704 valence electrons. The third-order valence-corrected chi connectivity index (χ3v) is 29.8. The molecule has 0 spiro atoms. The molecule has 4 aromatic carbocycles. The predicted molar refractivity (Wildman–Crippen MR) is 511 cm³/mol. The molecule has 4 atom stereocenters. The van der Waals surface area contributed by atoms with E-state index >= 15 is 0 Å². The van der Waals surface area contributed by atoms with E-state index in [1.165, 1.54) is 84.4 Å². The van der Waals surface area contributed by atoms with Gasteiger partial charge >= 0.3 is 0 Å². The zero-order chi connectivity index (χ0) is 93.6. The first kappa shape index (κ1) is 89.0. The Morgan fingerprint density at radius 3 is 1.10 bits per heavy atom. The lowest BCUT2D eigenvalue weighted by Crippen LogP contribution is -2.37. The highest BCUT2D eigenvalue weighted by molar-refractivity contribution is 5.83. The Bertz CT molecular complexity index is 6360. The Morgan fingerprint density at radius 1 is 0.390 bits per heavy atom. The topological polar surface area (TPSA) is 321 Å². The van der Waals surface area contributed by atoms with Gasteiger partial charge in [-0.25, -0.2) is 0 Å². The van der Waals surface area contributed by atoms with E-state index in [4.69, 9.17) is 39.3 Å². The second kappa shape index (κ2) is 36.9. The van der Waals surface area contributed by atoms with Crippen molar-refractivity contribution in [2.24, 2.45) is 28.2 Å². The van der Waals surface area contributed by atoms with Gasteiger partial charge in [0.25, 0.3) is 0 Å². The Balaban J connectivity index is 0.000000108. The largest absolute Gasteiger partial charge is 0.379 e.